The number of nitrogens with one attached hydrogen (secondary N) is 1. The van der Waals surface area contributed by atoms with Crippen molar-refractivity contribution < 1.29 is 14.3 Å². The number of rotatable bonds is 8. The zero-order valence-corrected chi connectivity index (χ0v) is 17.1. The van der Waals surface area contributed by atoms with Gasteiger partial charge in [0.25, 0.3) is 0 Å². The van der Waals surface area contributed by atoms with Gasteiger partial charge in [-0.15, -0.1) is 0 Å². The van der Waals surface area contributed by atoms with Gasteiger partial charge in [-0.05, 0) is 43.2 Å². The van der Waals surface area contributed by atoms with Crippen LogP contribution in [0, 0.1) is 0 Å². The van der Waals surface area contributed by atoms with Gasteiger partial charge in [0, 0.05) is 36.7 Å². The second-order valence-corrected chi connectivity index (χ2v) is 7.30. The number of hydrogen-bond donors (Lipinski definition) is 1. The molecule has 1 atom stereocenters. The van der Waals surface area contributed by atoms with Crippen molar-refractivity contribution in [2.75, 3.05) is 20.3 Å². The maximum Gasteiger partial charge on any atom is 0.222 e. The molecule has 156 valence electrons. The molecule has 1 amide bonds. The first-order chi connectivity index (χ1) is 14.7. The highest BCUT2D eigenvalue weighted by atomic mass is 16.5. The summed E-state index contributed by atoms with van der Waals surface area (Å²) in [4.78, 5) is 16.4. The fourth-order valence-electron chi connectivity index (χ4n) is 3.64. The van der Waals surface area contributed by atoms with Gasteiger partial charge >= 0.3 is 0 Å². The Morgan fingerprint density at radius 1 is 1.27 bits per heavy atom. The van der Waals surface area contributed by atoms with E-state index in [2.05, 4.69) is 10.3 Å². The first kappa shape index (κ1) is 20.1. The monoisotopic (exact) mass is 406 g/mol. The molecule has 3 aromatic rings. The Balaban J connectivity index is 1.51. The molecule has 4 rings (SSSR count). The summed E-state index contributed by atoms with van der Waals surface area (Å²) in [6.07, 6.45) is 6.01. The fraction of sp³-hybridized carbons (Fsp3) is 0.348. The first-order valence-corrected chi connectivity index (χ1v) is 10.2. The number of aromatic nitrogens is 3. The Bertz CT molecular complexity index is 981. The number of ether oxygens (including phenoxy) is 2. The van der Waals surface area contributed by atoms with E-state index in [-0.39, 0.29) is 12.0 Å². The van der Waals surface area contributed by atoms with Crippen molar-refractivity contribution in [3.05, 3.63) is 54.9 Å². The normalized spacial score (nSPS) is 15.8. The Kier molecular flexibility index (Phi) is 6.39. The molecule has 0 saturated carbocycles. The highest BCUT2D eigenvalue weighted by Crippen LogP contribution is 2.28. The van der Waals surface area contributed by atoms with Crippen molar-refractivity contribution >= 4 is 5.91 Å². The third kappa shape index (κ3) is 4.86. The van der Waals surface area contributed by atoms with Crippen LogP contribution in [-0.2, 0) is 16.1 Å². The van der Waals surface area contributed by atoms with Crippen LogP contribution >= 0.6 is 0 Å². The van der Waals surface area contributed by atoms with Crippen LogP contribution in [0.3, 0.4) is 0 Å². The average Bonchev–Trinajstić information content (AvgIpc) is 3.44. The highest BCUT2D eigenvalue weighted by Gasteiger charge is 2.19. The summed E-state index contributed by atoms with van der Waals surface area (Å²) in [5, 5.41) is 7.76. The smallest absolute Gasteiger partial charge is 0.222 e. The average molecular weight is 406 g/mol. The van der Waals surface area contributed by atoms with Gasteiger partial charge in [-0.25, -0.2) is 0 Å². The van der Waals surface area contributed by atoms with Crippen LogP contribution in [0.1, 0.15) is 19.3 Å². The van der Waals surface area contributed by atoms with Crippen LogP contribution < -0.4 is 10.1 Å². The summed E-state index contributed by atoms with van der Waals surface area (Å²) in [5.74, 6) is 0.803. The molecule has 3 heterocycles. The van der Waals surface area contributed by atoms with Crippen LogP contribution in [0.5, 0.6) is 5.75 Å². The van der Waals surface area contributed by atoms with Gasteiger partial charge in [0.1, 0.15) is 5.75 Å². The minimum Gasteiger partial charge on any atom is -0.497 e. The second-order valence-electron chi connectivity index (χ2n) is 7.30. The van der Waals surface area contributed by atoms with E-state index in [0.29, 0.717) is 19.5 Å². The van der Waals surface area contributed by atoms with Gasteiger partial charge in [-0.3, -0.25) is 14.5 Å². The Morgan fingerprint density at radius 2 is 2.17 bits per heavy atom. The second kappa shape index (κ2) is 9.54. The quantitative estimate of drug-likeness (QED) is 0.621. The number of amides is 1. The number of hydrogen-bond acceptors (Lipinski definition) is 5. The first-order valence-electron chi connectivity index (χ1n) is 10.2. The molecule has 0 spiro atoms. The SMILES string of the molecule is COc1cccc(-c2cc(-c3cccnc3)nn2CCNC(=O)C[C@H]2CCCO2)c1. The van der Waals surface area contributed by atoms with Gasteiger partial charge in [0.2, 0.25) is 5.91 Å². The molecular weight excluding hydrogens is 380 g/mol. The number of benzene rings is 1. The van der Waals surface area contributed by atoms with Gasteiger partial charge in [-0.1, -0.05) is 12.1 Å². The van der Waals surface area contributed by atoms with E-state index in [1.807, 2.05) is 47.1 Å². The lowest BCUT2D eigenvalue weighted by atomic mass is 10.1. The van der Waals surface area contributed by atoms with Crippen molar-refractivity contribution in [1.82, 2.24) is 20.1 Å². The van der Waals surface area contributed by atoms with Crippen LogP contribution in [0.4, 0.5) is 0 Å². The number of carbonyl (C=O) groups is 1. The lowest BCUT2D eigenvalue weighted by Gasteiger charge is -2.11. The molecule has 7 heteroatoms. The van der Waals surface area contributed by atoms with Crippen LogP contribution in [-0.4, -0.2) is 47.0 Å². The molecule has 0 radical (unpaired) electrons. The van der Waals surface area contributed by atoms with Crippen molar-refractivity contribution in [3.63, 3.8) is 0 Å². The molecule has 0 bridgehead atoms. The third-order valence-corrected chi connectivity index (χ3v) is 5.19. The Labute approximate surface area is 176 Å². The van der Waals surface area contributed by atoms with Crippen molar-refractivity contribution in [2.45, 2.75) is 31.9 Å². The molecular formula is C23H26N4O3. The maximum absolute atomic E-state index is 12.2. The summed E-state index contributed by atoms with van der Waals surface area (Å²) in [6, 6.07) is 13.8. The fourth-order valence-corrected chi connectivity index (χ4v) is 3.64. The van der Waals surface area contributed by atoms with E-state index < -0.39 is 0 Å². The van der Waals surface area contributed by atoms with Gasteiger partial charge in [0.05, 0.1) is 37.6 Å². The molecule has 1 aromatic carbocycles. The summed E-state index contributed by atoms with van der Waals surface area (Å²) >= 11 is 0. The summed E-state index contributed by atoms with van der Waals surface area (Å²) in [7, 11) is 1.65. The van der Waals surface area contributed by atoms with Gasteiger partial charge in [0.15, 0.2) is 0 Å². The Morgan fingerprint density at radius 3 is 2.93 bits per heavy atom. The number of pyridine rings is 1. The third-order valence-electron chi connectivity index (χ3n) is 5.19. The minimum atomic E-state index is 0.0180. The van der Waals surface area contributed by atoms with E-state index in [9.17, 15) is 4.79 Å². The molecule has 7 nitrogen and oxygen atoms in total. The highest BCUT2D eigenvalue weighted by molar-refractivity contribution is 5.76. The van der Waals surface area contributed by atoms with Crippen molar-refractivity contribution in [2.24, 2.45) is 0 Å². The Hall–Kier alpha value is -3.19. The standard InChI is InChI=1S/C23H26N4O3/c1-29-19-7-2-5-17(13-19)22-15-21(18-6-3-9-24-16-18)26-27(22)11-10-25-23(28)14-20-8-4-12-30-20/h2-3,5-7,9,13,15-16,20H,4,8,10-12,14H2,1H3,(H,25,28)/t20-/m1/s1. The molecule has 2 aromatic heterocycles. The van der Waals surface area contributed by atoms with Gasteiger partial charge in [-0.2, -0.15) is 5.10 Å². The van der Waals surface area contributed by atoms with E-state index in [0.717, 1.165) is 47.7 Å². The summed E-state index contributed by atoms with van der Waals surface area (Å²) in [5.41, 5.74) is 3.75. The largest absolute Gasteiger partial charge is 0.497 e. The lowest BCUT2D eigenvalue weighted by molar-refractivity contribution is -0.123. The number of carbonyl (C=O) groups excluding carboxylic acids is 1. The zero-order valence-electron chi connectivity index (χ0n) is 17.1. The van der Waals surface area contributed by atoms with Gasteiger partial charge < -0.3 is 14.8 Å². The van der Waals surface area contributed by atoms with Crippen LogP contribution in [0.2, 0.25) is 0 Å². The van der Waals surface area contributed by atoms with Crippen molar-refractivity contribution in [1.29, 1.82) is 0 Å². The molecule has 1 aliphatic heterocycles. The molecule has 1 aliphatic rings. The van der Waals surface area contributed by atoms with Crippen LogP contribution in [0.25, 0.3) is 22.5 Å². The predicted octanol–water partition coefficient (Wildman–Crippen LogP) is 3.31. The number of nitrogens with zero attached hydrogens (tertiary/aromatic N) is 3. The maximum atomic E-state index is 12.2. The molecule has 0 aliphatic carbocycles. The lowest BCUT2D eigenvalue weighted by Crippen LogP contribution is -2.30. The summed E-state index contributed by atoms with van der Waals surface area (Å²) in [6.45, 7) is 1.81. The zero-order chi connectivity index (χ0) is 20.8. The van der Waals surface area contributed by atoms with E-state index in [4.69, 9.17) is 14.6 Å². The summed E-state index contributed by atoms with van der Waals surface area (Å²) < 4.78 is 12.8. The molecule has 0 unspecified atom stereocenters. The molecule has 1 N–H and O–H groups in total. The minimum absolute atomic E-state index is 0.0180. The van der Waals surface area contributed by atoms with E-state index in [1.165, 1.54) is 0 Å². The molecule has 1 fully saturated rings. The van der Waals surface area contributed by atoms with E-state index >= 15 is 0 Å². The van der Waals surface area contributed by atoms with Crippen LogP contribution in [0.15, 0.2) is 54.9 Å². The molecule has 1 saturated heterocycles. The predicted molar refractivity (Wildman–Crippen MR) is 114 cm³/mol. The molecule has 30 heavy (non-hydrogen) atoms. The number of methoxy groups -OCH3 is 1. The van der Waals surface area contributed by atoms with Crippen molar-refractivity contribution in [3.8, 4) is 28.3 Å². The van der Waals surface area contributed by atoms with E-state index in [1.54, 1.807) is 19.5 Å². The topological polar surface area (TPSA) is 78.3 Å².